The summed E-state index contributed by atoms with van der Waals surface area (Å²) in [4.78, 5) is 0. The van der Waals surface area contributed by atoms with Crippen LogP contribution in [0.25, 0.3) is 0 Å². The highest BCUT2D eigenvalue weighted by Gasteiger charge is 2.23. The molecule has 0 aliphatic rings. The Morgan fingerprint density at radius 2 is 1.24 bits per heavy atom. The zero-order chi connectivity index (χ0) is 13.1. The topological polar surface area (TPSA) is 40.5 Å². The molecular weight excluding hydrogens is 212 g/mol. The highest BCUT2D eigenvalue weighted by Crippen LogP contribution is 2.16. The van der Waals surface area contributed by atoms with Gasteiger partial charge in [-0.3, -0.25) is 0 Å². The Morgan fingerprint density at radius 1 is 0.824 bits per heavy atom. The van der Waals surface area contributed by atoms with Crippen LogP contribution in [0.5, 0.6) is 0 Å². The molecule has 0 rings (SSSR count). The van der Waals surface area contributed by atoms with Crippen molar-refractivity contribution in [1.82, 2.24) is 0 Å². The molecular formula is C15H32O2. The molecule has 0 bridgehead atoms. The second-order valence-electron chi connectivity index (χ2n) is 5.79. The van der Waals surface area contributed by atoms with Gasteiger partial charge < -0.3 is 10.2 Å². The minimum atomic E-state index is -0.944. The van der Waals surface area contributed by atoms with Gasteiger partial charge in [0.05, 0.1) is 11.7 Å². The summed E-state index contributed by atoms with van der Waals surface area (Å²) < 4.78 is 0. The maximum Gasteiger partial charge on any atom is 0.0849 e. The molecule has 1 unspecified atom stereocenters. The van der Waals surface area contributed by atoms with Crippen LogP contribution in [0.2, 0.25) is 0 Å². The number of aliphatic hydroxyl groups excluding tert-OH is 1. The summed E-state index contributed by atoms with van der Waals surface area (Å²) in [5, 5.41) is 19.2. The van der Waals surface area contributed by atoms with Crippen molar-refractivity contribution in [2.75, 3.05) is 0 Å². The highest BCUT2D eigenvalue weighted by atomic mass is 16.3. The van der Waals surface area contributed by atoms with Gasteiger partial charge in [0.25, 0.3) is 0 Å². The molecule has 2 N–H and O–H groups in total. The number of hydrogen-bond acceptors (Lipinski definition) is 2. The summed E-state index contributed by atoms with van der Waals surface area (Å²) in [6, 6.07) is 0. The van der Waals surface area contributed by atoms with E-state index in [2.05, 4.69) is 6.92 Å². The van der Waals surface area contributed by atoms with E-state index in [0.29, 0.717) is 0 Å². The van der Waals surface area contributed by atoms with Gasteiger partial charge in [0.2, 0.25) is 0 Å². The molecule has 17 heavy (non-hydrogen) atoms. The van der Waals surface area contributed by atoms with Crippen LogP contribution in [0.15, 0.2) is 0 Å². The highest BCUT2D eigenvalue weighted by molar-refractivity contribution is 4.75. The van der Waals surface area contributed by atoms with Crippen LogP contribution < -0.4 is 0 Å². The predicted octanol–water partition coefficient (Wildman–Crippen LogP) is 4.04. The molecule has 104 valence electrons. The first kappa shape index (κ1) is 16.9. The standard InChI is InChI=1S/C15H32O2/c1-4-5-6-7-8-9-10-11-12-13-14(16)15(2,3)17/h14,16-17H,4-13H2,1-3H3. The normalized spacial score (nSPS) is 13.9. The first-order chi connectivity index (χ1) is 7.98. The van der Waals surface area contributed by atoms with E-state index in [1.165, 1.54) is 51.4 Å². The van der Waals surface area contributed by atoms with Crippen LogP contribution in [-0.2, 0) is 0 Å². The Morgan fingerprint density at radius 3 is 1.65 bits per heavy atom. The van der Waals surface area contributed by atoms with Gasteiger partial charge in [0.15, 0.2) is 0 Å². The Labute approximate surface area is 107 Å². The Kier molecular flexibility index (Phi) is 9.85. The summed E-state index contributed by atoms with van der Waals surface area (Å²) in [6.45, 7) is 5.59. The molecule has 0 heterocycles. The fourth-order valence-electron chi connectivity index (χ4n) is 2.00. The quantitative estimate of drug-likeness (QED) is 0.539. The fourth-order valence-corrected chi connectivity index (χ4v) is 2.00. The smallest absolute Gasteiger partial charge is 0.0849 e. The van der Waals surface area contributed by atoms with Crippen molar-refractivity contribution in [3.8, 4) is 0 Å². The molecule has 0 saturated heterocycles. The lowest BCUT2D eigenvalue weighted by atomic mass is 9.96. The van der Waals surface area contributed by atoms with Crippen molar-refractivity contribution >= 4 is 0 Å². The lowest BCUT2D eigenvalue weighted by Gasteiger charge is -2.24. The molecule has 0 aromatic carbocycles. The Bertz CT molecular complexity index is 161. The van der Waals surface area contributed by atoms with E-state index in [-0.39, 0.29) is 0 Å². The average Bonchev–Trinajstić information content (AvgIpc) is 2.25. The van der Waals surface area contributed by atoms with Gasteiger partial charge in [0, 0.05) is 0 Å². The van der Waals surface area contributed by atoms with E-state index in [1.54, 1.807) is 13.8 Å². The molecule has 2 heteroatoms. The minimum absolute atomic E-state index is 0.577. The number of hydrogen-bond donors (Lipinski definition) is 2. The molecule has 0 aromatic rings. The summed E-state index contributed by atoms with van der Waals surface area (Å²) >= 11 is 0. The molecule has 0 amide bonds. The van der Waals surface area contributed by atoms with Crippen LogP contribution in [0.4, 0.5) is 0 Å². The molecule has 0 spiro atoms. The lowest BCUT2D eigenvalue weighted by Crippen LogP contribution is -2.35. The third-order valence-electron chi connectivity index (χ3n) is 3.40. The van der Waals surface area contributed by atoms with Crippen LogP contribution in [0.1, 0.15) is 85.0 Å². The molecule has 2 nitrogen and oxygen atoms in total. The summed E-state index contributed by atoms with van der Waals surface area (Å²) in [6.07, 6.45) is 11.7. The van der Waals surface area contributed by atoms with Crippen LogP contribution in [0, 0.1) is 0 Å². The van der Waals surface area contributed by atoms with Crippen molar-refractivity contribution in [1.29, 1.82) is 0 Å². The Balaban J connectivity index is 3.19. The molecule has 1 atom stereocenters. The van der Waals surface area contributed by atoms with Gasteiger partial charge in [-0.15, -0.1) is 0 Å². The summed E-state index contributed by atoms with van der Waals surface area (Å²) in [5.74, 6) is 0. The van der Waals surface area contributed by atoms with Crippen LogP contribution >= 0.6 is 0 Å². The number of rotatable bonds is 11. The summed E-state index contributed by atoms with van der Waals surface area (Å²) in [7, 11) is 0. The first-order valence-electron chi connectivity index (χ1n) is 7.39. The van der Waals surface area contributed by atoms with Gasteiger partial charge in [-0.25, -0.2) is 0 Å². The predicted molar refractivity (Wildman–Crippen MR) is 74.1 cm³/mol. The molecule has 0 radical (unpaired) electrons. The van der Waals surface area contributed by atoms with Crippen molar-refractivity contribution in [2.24, 2.45) is 0 Å². The maximum absolute atomic E-state index is 9.64. The van der Waals surface area contributed by atoms with Gasteiger partial charge >= 0.3 is 0 Å². The van der Waals surface area contributed by atoms with Crippen molar-refractivity contribution in [3.05, 3.63) is 0 Å². The number of aliphatic hydroxyl groups is 2. The molecule has 0 fully saturated rings. The third-order valence-corrected chi connectivity index (χ3v) is 3.40. The maximum atomic E-state index is 9.64. The largest absolute Gasteiger partial charge is 0.390 e. The zero-order valence-corrected chi connectivity index (χ0v) is 12.0. The molecule has 0 saturated carbocycles. The van der Waals surface area contributed by atoms with Crippen molar-refractivity contribution in [3.63, 3.8) is 0 Å². The van der Waals surface area contributed by atoms with E-state index in [9.17, 15) is 10.2 Å². The first-order valence-corrected chi connectivity index (χ1v) is 7.39. The van der Waals surface area contributed by atoms with Gasteiger partial charge in [-0.1, -0.05) is 64.7 Å². The summed E-state index contributed by atoms with van der Waals surface area (Å²) in [5.41, 5.74) is -0.944. The minimum Gasteiger partial charge on any atom is -0.390 e. The molecule has 0 aliphatic carbocycles. The van der Waals surface area contributed by atoms with E-state index in [4.69, 9.17) is 0 Å². The zero-order valence-electron chi connectivity index (χ0n) is 12.0. The Hall–Kier alpha value is -0.0800. The SMILES string of the molecule is CCCCCCCCCCCC(O)C(C)(C)O. The molecule has 0 aliphatic heterocycles. The van der Waals surface area contributed by atoms with Gasteiger partial charge in [0.1, 0.15) is 0 Å². The van der Waals surface area contributed by atoms with E-state index in [0.717, 1.165) is 12.8 Å². The van der Waals surface area contributed by atoms with Crippen LogP contribution in [0.3, 0.4) is 0 Å². The second-order valence-corrected chi connectivity index (χ2v) is 5.79. The van der Waals surface area contributed by atoms with Crippen molar-refractivity contribution < 1.29 is 10.2 Å². The third kappa shape index (κ3) is 10.8. The van der Waals surface area contributed by atoms with Crippen LogP contribution in [-0.4, -0.2) is 21.9 Å². The van der Waals surface area contributed by atoms with Gasteiger partial charge in [-0.05, 0) is 20.3 Å². The van der Waals surface area contributed by atoms with Gasteiger partial charge in [-0.2, -0.15) is 0 Å². The van der Waals surface area contributed by atoms with E-state index < -0.39 is 11.7 Å². The van der Waals surface area contributed by atoms with E-state index >= 15 is 0 Å². The fraction of sp³-hybridized carbons (Fsp3) is 1.00. The molecule has 0 aromatic heterocycles. The second kappa shape index (κ2) is 9.90. The average molecular weight is 244 g/mol. The van der Waals surface area contributed by atoms with Crippen molar-refractivity contribution in [2.45, 2.75) is 96.7 Å². The lowest BCUT2D eigenvalue weighted by molar-refractivity contribution is -0.0522. The van der Waals surface area contributed by atoms with E-state index in [1.807, 2.05) is 0 Å². The number of unbranched alkanes of at least 4 members (excludes halogenated alkanes) is 8. The monoisotopic (exact) mass is 244 g/mol.